The van der Waals surface area contributed by atoms with E-state index in [4.69, 9.17) is 0 Å². The Bertz CT molecular complexity index is 471. The van der Waals surface area contributed by atoms with Crippen LogP contribution >= 0.6 is 22.6 Å². The molecule has 1 amide bonds. The minimum atomic E-state index is -0.107. The van der Waals surface area contributed by atoms with E-state index < -0.39 is 0 Å². The third kappa shape index (κ3) is 4.34. The van der Waals surface area contributed by atoms with Crippen LogP contribution in [-0.4, -0.2) is 42.6 Å². The Morgan fingerprint density at radius 1 is 1.45 bits per heavy atom. The summed E-state index contributed by atoms with van der Waals surface area (Å²) in [5.74, 6) is 0.773. The molecular weight excluding hydrogens is 367 g/mol. The second kappa shape index (κ2) is 7.26. The Morgan fingerprint density at radius 2 is 2.15 bits per heavy atom. The molecule has 0 bridgehead atoms. The molecule has 1 heterocycles. The molecule has 0 spiro atoms. The van der Waals surface area contributed by atoms with Crippen LogP contribution in [-0.2, 0) is 0 Å². The summed E-state index contributed by atoms with van der Waals surface area (Å²) >= 11 is 2.04. The lowest BCUT2D eigenvalue weighted by atomic mass is 9.94. The van der Waals surface area contributed by atoms with E-state index in [9.17, 15) is 9.90 Å². The first-order chi connectivity index (χ1) is 9.56. The lowest BCUT2D eigenvalue weighted by Crippen LogP contribution is -2.32. The SMILES string of the molecule is CN1CCC(CCNC(=O)c2ccc(I)c(O)c2)CC1. The van der Waals surface area contributed by atoms with Gasteiger partial charge in [0, 0.05) is 12.1 Å². The monoisotopic (exact) mass is 388 g/mol. The molecule has 0 aromatic heterocycles. The van der Waals surface area contributed by atoms with E-state index in [0.717, 1.165) is 29.0 Å². The van der Waals surface area contributed by atoms with Gasteiger partial charge < -0.3 is 15.3 Å². The van der Waals surface area contributed by atoms with Crippen LogP contribution in [0.2, 0.25) is 0 Å². The third-order valence-electron chi connectivity index (χ3n) is 3.88. The molecule has 0 unspecified atom stereocenters. The number of amides is 1. The molecule has 2 rings (SSSR count). The average Bonchev–Trinajstić information content (AvgIpc) is 2.44. The van der Waals surface area contributed by atoms with Gasteiger partial charge in [-0.25, -0.2) is 0 Å². The van der Waals surface area contributed by atoms with E-state index >= 15 is 0 Å². The minimum absolute atomic E-state index is 0.107. The van der Waals surface area contributed by atoms with Crippen LogP contribution in [0.15, 0.2) is 18.2 Å². The lowest BCUT2D eigenvalue weighted by Gasteiger charge is -2.28. The van der Waals surface area contributed by atoms with Gasteiger partial charge in [-0.2, -0.15) is 0 Å². The fraction of sp³-hybridized carbons (Fsp3) is 0.533. The van der Waals surface area contributed by atoms with Crippen molar-refractivity contribution in [2.75, 3.05) is 26.7 Å². The number of benzene rings is 1. The molecule has 0 radical (unpaired) electrons. The molecule has 1 fully saturated rings. The van der Waals surface area contributed by atoms with Gasteiger partial charge in [0.25, 0.3) is 5.91 Å². The van der Waals surface area contributed by atoms with Crippen molar-refractivity contribution in [3.8, 4) is 5.75 Å². The topological polar surface area (TPSA) is 52.6 Å². The molecule has 1 saturated heterocycles. The van der Waals surface area contributed by atoms with Gasteiger partial charge in [-0.05, 0) is 86.1 Å². The van der Waals surface area contributed by atoms with Gasteiger partial charge in [0.15, 0.2) is 0 Å². The Hall–Kier alpha value is -0.820. The maximum Gasteiger partial charge on any atom is 0.251 e. The van der Waals surface area contributed by atoms with E-state index in [0.29, 0.717) is 12.1 Å². The van der Waals surface area contributed by atoms with Crippen molar-refractivity contribution in [1.82, 2.24) is 10.2 Å². The Labute approximate surface area is 133 Å². The lowest BCUT2D eigenvalue weighted by molar-refractivity contribution is 0.0948. The third-order valence-corrected chi connectivity index (χ3v) is 4.80. The molecule has 5 heteroatoms. The summed E-state index contributed by atoms with van der Waals surface area (Å²) in [5.41, 5.74) is 0.520. The second-order valence-electron chi connectivity index (χ2n) is 5.46. The highest BCUT2D eigenvalue weighted by atomic mass is 127. The van der Waals surface area contributed by atoms with E-state index in [2.05, 4.69) is 17.3 Å². The van der Waals surface area contributed by atoms with Crippen molar-refractivity contribution < 1.29 is 9.90 Å². The van der Waals surface area contributed by atoms with Gasteiger partial charge in [0.05, 0.1) is 3.57 Å². The molecule has 0 atom stereocenters. The standard InChI is InChI=1S/C15H21IN2O2/c1-18-8-5-11(6-9-18)4-7-17-15(20)12-2-3-13(16)14(19)10-12/h2-3,10-11,19H,4-9H2,1H3,(H,17,20). The number of hydrogen-bond donors (Lipinski definition) is 2. The highest BCUT2D eigenvalue weighted by molar-refractivity contribution is 14.1. The fourth-order valence-corrected chi connectivity index (χ4v) is 2.83. The predicted molar refractivity (Wildman–Crippen MR) is 88.0 cm³/mol. The molecule has 0 aliphatic carbocycles. The Balaban J connectivity index is 1.76. The van der Waals surface area contributed by atoms with Gasteiger partial charge in [-0.15, -0.1) is 0 Å². The number of carbonyl (C=O) groups excluding carboxylic acids is 1. The molecule has 0 saturated carbocycles. The first-order valence-electron chi connectivity index (χ1n) is 7.01. The van der Waals surface area contributed by atoms with Crippen molar-refractivity contribution in [2.45, 2.75) is 19.3 Å². The van der Waals surface area contributed by atoms with Gasteiger partial charge in [-0.1, -0.05) is 0 Å². The normalized spacial score (nSPS) is 17.1. The minimum Gasteiger partial charge on any atom is -0.507 e. The highest BCUT2D eigenvalue weighted by Crippen LogP contribution is 2.21. The predicted octanol–water partition coefficient (Wildman–Crippen LogP) is 2.46. The zero-order chi connectivity index (χ0) is 14.5. The van der Waals surface area contributed by atoms with Crippen molar-refractivity contribution in [1.29, 1.82) is 0 Å². The van der Waals surface area contributed by atoms with Gasteiger partial charge >= 0.3 is 0 Å². The number of phenols is 1. The molecule has 2 N–H and O–H groups in total. The maximum atomic E-state index is 12.0. The summed E-state index contributed by atoms with van der Waals surface area (Å²) in [4.78, 5) is 14.3. The Morgan fingerprint density at radius 3 is 2.80 bits per heavy atom. The fourth-order valence-electron chi connectivity index (χ4n) is 2.50. The van der Waals surface area contributed by atoms with Crippen LogP contribution in [0.1, 0.15) is 29.6 Å². The second-order valence-corrected chi connectivity index (χ2v) is 6.62. The van der Waals surface area contributed by atoms with Crippen LogP contribution in [0.3, 0.4) is 0 Å². The van der Waals surface area contributed by atoms with Crippen LogP contribution in [0, 0.1) is 9.49 Å². The summed E-state index contributed by atoms with van der Waals surface area (Å²) < 4.78 is 0.755. The van der Waals surface area contributed by atoms with Gasteiger partial charge in [-0.3, -0.25) is 4.79 Å². The number of aromatic hydroxyl groups is 1. The summed E-state index contributed by atoms with van der Waals surface area (Å²) in [6.45, 7) is 3.02. The molecule has 1 aromatic rings. The number of nitrogens with one attached hydrogen (secondary N) is 1. The van der Waals surface area contributed by atoms with E-state index in [1.165, 1.54) is 18.9 Å². The molecule has 1 aromatic carbocycles. The summed E-state index contributed by atoms with van der Waals surface area (Å²) in [7, 11) is 2.15. The highest BCUT2D eigenvalue weighted by Gasteiger charge is 2.16. The molecule has 1 aliphatic rings. The smallest absolute Gasteiger partial charge is 0.251 e. The molecule has 4 nitrogen and oxygen atoms in total. The maximum absolute atomic E-state index is 12.0. The number of rotatable bonds is 4. The van der Waals surface area contributed by atoms with E-state index in [-0.39, 0.29) is 11.7 Å². The van der Waals surface area contributed by atoms with Crippen LogP contribution < -0.4 is 5.32 Å². The van der Waals surface area contributed by atoms with Crippen molar-refractivity contribution in [3.63, 3.8) is 0 Å². The first-order valence-corrected chi connectivity index (χ1v) is 8.09. The van der Waals surface area contributed by atoms with Crippen LogP contribution in [0.25, 0.3) is 0 Å². The van der Waals surface area contributed by atoms with Crippen molar-refractivity contribution in [3.05, 3.63) is 27.3 Å². The van der Waals surface area contributed by atoms with Crippen LogP contribution in [0.4, 0.5) is 0 Å². The zero-order valence-electron chi connectivity index (χ0n) is 11.7. The number of piperidine rings is 1. The summed E-state index contributed by atoms with van der Waals surface area (Å²) in [6, 6.07) is 5.01. The molecule has 110 valence electrons. The zero-order valence-corrected chi connectivity index (χ0v) is 13.9. The average molecular weight is 388 g/mol. The number of nitrogens with zero attached hydrogens (tertiary/aromatic N) is 1. The number of carbonyl (C=O) groups is 1. The first kappa shape index (κ1) is 15.6. The van der Waals surface area contributed by atoms with Crippen molar-refractivity contribution >= 4 is 28.5 Å². The number of likely N-dealkylation sites (tertiary alicyclic amines) is 1. The number of halogens is 1. The quantitative estimate of drug-likeness (QED) is 0.780. The molecule has 1 aliphatic heterocycles. The van der Waals surface area contributed by atoms with E-state index in [1.54, 1.807) is 12.1 Å². The van der Waals surface area contributed by atoms with Crippen molar-refractivity contribution in [2.24, 2.45) is 5.92 Å². The molecule has 20 heavy (non-hydrogen) atoms. The Kier molecular flexibility index (Phi) is 5.65. The van der Waals surface area contributed by atoms with E-state index in [1.807, 2.05) is 22.6 Å². The summed E-state index contributed by atoms with van der Waals surface area (Å²) in [5, 5.41) is 12.5. The number of phenolic OH excluding ortho intramolecular Hbond substituents is 1. The van der Waals surface area contributed by atoms with Gasteiger partial charge in [0.1, 0.15) is 5.75 Å². The number of hydrogen-bond acceptors (Lipinski definition) is 3. The van der Waals surface area contributed by atoms with Crippen LogP contribution in [0.5, 0.6) is 5.75 Å². The molecular formula is C15H21IN2O2. The summed E-state index contributed by atoms with van der Waals surface area (Å²) in [6.07, 6.45) is 3.48. The van der Waals surface area contributed by atoms with Gasteiger partial charge in [0.2, 0.25) is 0 Å². The largest absolute Gasteiger partial charge is 0.507 e.